The van der Waals surface area contributed by atoms with Crippen molar-refractivity contribution in [3.63, 3.8) is 0 Å². The number of carbonyl (C=O) groups excluding carboxylic acids is 2. The lowest BCUT2D eigenvalue weighted by Gasteiger charge is -2.35. The van der Waals surface area contributed by atoms with E-state index in [1.807, 2.05) is 70.2 Å². The summed E-state index contributed by atoms with van der Waals surface area (Å²) in [6, 6.07) is 13.6. The molecule has 0 saturated carbocycles. The lowest BCUT2D eigenvalue weighted by molar-refractivity contribution is -0.122. The molecule has 2 aromatic rings. The van der Waals surface area contributed by atoms with E-state index in [0.717, 1.165) is 22.6 Å². The van der Waals surface area contributed by atoms with Gasteiger partial charge in [-0.1, -0.05) is 24.3 Å². The van der Waals surface area contributed by atoms with Gasteiger partial charge in [0.15, 0.2) is 17.3 Å². The zero-order valence-electron chi connectivity index (χ0n) is 20.5. The number of ether oxygens (including phenoxy) is 3. The Balaban J connectivity index is 1.68. The molecule has 2 unspecified atom stereocenters. The van der Waals surface area contributed by atoms with Crippen molar-refractivity contribution in [3.05, 3.63) is 64.9 Å². The standard InChI is InChI=1S/C28H33NO5/c1-16(2)33-20-11-9-18(10-12-20)19-13-23-27(24(30)14-19)22(15-26(31)29-23)21-7-6-8-25(32-5)28(21)34-17(3)4/h6-12,16-17,19,22H,13-15H2,1-5H3,(H,29,31). The maximum Gasteiger partial charge on any atom is 0.225 e. The van der Waals surface area contributed by atoms with Crippen LogP contribution in [0.5, 0.6) is 17.2 Å². The number of allylic oxidation sites excluding steroid dienone is 2. The second-order valence-electron chi connectivity index (χ2n) is 9.51. The highest BCUT2D eigenvalue weighted by Crippen LogP contribution is 2.47. The highest BCUT2D eigenvalue weighted by atomic mass is 16.5. The van der Waals surface area contributed by atoms with Crippen molar-refractivity contribution in [2.24, 2.45) is 0 Å². The first-order chi connectivity index (χ1) is 16.3. The van der Waals surface area contributed by atoms with E-state index in [0.29, 0.717) is 29.9 Å². The Labute approximate surface area is 201 Å². The van der Waals surface area contributed by atoms with Gasteiger partial charge in [0.1, 0.15) is 5.75 Å². The van der Waals surface area contributed by atoms with Gasteiger partial charge in [-0.25, -0.2) is 0 Å². The highest BCUT2D eigenvalue weighted by Gasteiger charge is 2.39. The molecule has 2 aromatic carbocycles. The van der Waals surface area contributed by atoms with Crippen LogP contribution < -0.4 is 19.5 Å². The SMILES string of the molecule is COc1cccc(C2CC(=O)NC3=C2C(=O)CC(c2ccc(OC(C)C)cc2)C3)c1OC(C)C. The Morgan fingerprint density at radius 2 is 1.59 bits per heavy atom. The number of para-hydroxylation sites is 1. The number of amides is 1. The fourth-order valence-electron chi connectivity index (χ4n) is 4.88. The summed E-state index contributed by atoms with van der Waals surface area (Å²) in [5.74, 6) is 1.64. The van der Waals surface area contributed by atoms with Crippen LogP contribution in [0.2, 0.25) is 0 Å². The van der Waals surface area contributed by atoms with Crippen LogP contribution in [-0.2, 0) is 9.59 Å². The summed E-state index contributed by atoms with van der Waals surface area (Å²) < 4.78 is 17.4. The Hall–Kier alpha value is -3.28. The third-order valence-electron chi connectivity index (χ3n) is 6.22. The van der Waals surface area contributed by atoms with E-state index in [4.69, 9.17) is 14.2 Å². The number of carbonyl (C=O) groups is 2. The predicted molar refractivity (Wildman–Crippen MR) is 130 cm³/mol. The summed E-state index contributed by atoms with van der Waals surface area (Å²) in [4.78, 5) is 26.2. The van der Waals surface area contributed by atoms with E-state index in [-0.39, 0.29) is 42.2 Å². The zero-order chi connectivity index (χ0) is 24.4. The van der Waals surface area contributed by atoms with Crippen LogP contribution >= 0.6 is 0 Å². The Morgan fingerprint density at radius 1 is 0.882 bits per heavy atom. The van der Waals surface area contributed by atoms with Crippen molar-refractivity contribution < 1.29 is 23.8 Å². The third-order valence-corrected chi connectivity index (χ3v) is 6.22. The molecule has 0 aromatic heterocycles. The minimum atomic E-state index is -0.358. The van der Waals surface area contributed by atoms with E-state index >= 15 is 0 Å². The lowest BCUT2D eigenvalue weighted by Crippen LogP contribution is -2.38. The third kappa shape index (κ3) is 4.96. The number of Topliss-reactive ketones (excluding diaryl/α,β-unsaturated/α-hetero) is 1. The number of methoxy groups -OCH3 is 1. The van der Waals surface area contributed by atoms with Gasteiger partial charge in [0.2, 0.25) is 5.91 Å². The molecule has 6 heteroatoms. The molecule has 0 bridgehead atoms. The molecule has 1 aliphatic carbocycles. The van der Waals surface area contributed by atoms with Crippen LogP contribution in [0.3, 0.4) is 0 Å². The molecule has 0 spiro atoms. The van der Waals surface area contributed by atoms with Gasteiger partial charge >= 0.3 is 0 Å². The van der Waals surface area contributed by atoms with Crippen molar-refractivity contribution in [3.8, 4) is 17.2 Å². The van der Waals surface area contributed by atoms with Crippen molar-refractivity contribution >= 4 is 11.7 Å². The zero-order valence-corrected chi connectivity index (χ0v) is 20.5. The Morgan fingerprint density at radius 3 is 2.24 bits per heavy atom. The van der Waals surface area contributed by atoms with Gasteiger partial charge in [-0.15, -0.1) is 0 Å². The smallest absolute Gasteiger partial charge is 0.225 e. The van der Waals surface area contributed by atoms with Gasteiger partial charge in [0, 0.05) is 35.6 Å². The average Bonchev–Trinajstić information content (AvgIpc) is 2.78. The summed E-state index contributed by atoms with van der Waals surface area (Å²) in [5.41, 5.74) is 3.30. The number of nitrogens with one attached hydrogen (secondary N) is 1. The van der Waals surface area contributed by atoms with E-state index < -0.39 is 0 Å². The van der Waals surface area contributed by atoms with Crippen LogP contribution in [0.4, 0.5) is 0 Å². The first-order valence-corrected chi connectivity index (χ1v) is 11.9. The highest BCUT2D eigenvalue weighted by molar-refractivity contribution is 6.02. The Kier molecular flexibility index (Phi) is 6.96. The fourth-order valence-corrected chi connectivity index (χ4v) is 4.88. The van der Waals surface area contributed by atoms with Gasteiger partial charge < -0.3 is 19.5 Å². The average molecular weight is 464 g/mol. The second-order valence-corrected chi connectivity index (χ2v) is 9.51. The maximum atomic E-state index is 13.5. The largest absolute Gasteiger partial charge is 0.493 e. The first kappa shape index (κ1) is 23.9. The van der Waals surface area contributed by atoms with Crippen molar-refractivity contribution in [2.45, 2.75) is 71.0 Å². The number of benzene rings is 2. The molecule has 180 valence electrons. The monoisotopic (exact) mass is 463 g/mol. The number of hydrogen-bond donors (Lipinski definition) is 1. The summed E-state index contributed by atoms with van der Waals surface area (Å²) in [6.07, 6.45) is 1.25. The molecule has 2 aliphatic rings. The second kappa shape index (κ2) is 9.92. The number of ketones is 1. The molecule has 34 heavy (non-hydrogen) atoms. The van der Waals surface area contributed by atoms with Crippen molar-refractivity contribution in [2.75, 3.05) is 7.11 Å². The topological polar surface area (TPSA) is 73.9 Å². The summed E-state index contributed by atoms with van der Waals surface area (Å²) in [7, 11) is 1.60. The van der Waals surface area contributed by atoms with Gasteiger partial charge in [-0.3, -0.25) is 9.59 Å². The van der Waals surface area contributed by atoms with Crippen LogP contribution in [-0.4, -0.2) is 31.0 Å². The first-order valence-electron chi connectivity index (χ1n) is 11.9. The van der Waals surface area contributed by atoms with E-state index in [2.05, 4.69) is 5.32 Å². The number of hydrogen-bond acceptors (Lipinski definition) is 5. The molecule has 1 aliphatic heterocycles. The molecule has 0 saturated heterocycles. The van der Waals surface area contributed by atoms with Crippen molar-refractivity contribution in [1.29, 1.82) is 0 Å². The van der Waals surface area contributed by atoms with Gasteiger partial charge in [-0.2, -0.15) is 0 Å². The van der Waals surface area contributed by atoms with Crippen molar-refractivity contribution in [1.82, 2.24) is 5.32 Å². The van der Waals surface area contributed by atoms with Gasteiger partial charge in [0.05, 0.1) is 19.3 Å². The molecule has 1 N–H and O–H groups in total. The van der Waals surface area contributed by atoms with E-state index in [1.54, 1.807) is 7.11 Å². The van der Waals surface area contributed by atoms with E-state index in [1.165, 1.54) is 0 Å². The van der Waals surface area contributed by atoms with E-state index in [9.17, 15) is 9.59 Å². The maximum absolute atomic E-state index is 13.5. The molecule has 0 radical (unpaired) electrons. The minimum absolute atomic E-state index is 0.00935. The fraction of sp³-hybridized carbons (Fsp3) is 0.429. The Bertz CT molecular complexity index is 1100. The lowest BCUT2D eigenvalue weighted by atomic mass is 9.73. The summed E-state index contributed by atoms with van der Waals surface area (Å²) in [6.45, 7) is 7.87. The normalized spacial score (nSPS) is 20.3. The summed E-state index contributed by atoms with van der Waals surface area (Å²) >= 11 is 0. The molecule has 1 heterocycles. The van der Waals surface area contributed by atoms with Gasteiger partial charge in [0.25, 0.3) is 0 Å². The van der Waals surface area contributed by atoms with Gasteiger partial charge in [-0.05, 0) is 63.8 Å². The molecule has 0 fully saturated rings. The molecule has 4 rings (SSSR count). The van der Waals surface area contributed by atoms with Crippen LogP contribution in [0, 0.1) is 0 Å². The summed E-state index contributed by atoms with van der Waals surface area (Å²) in [5, 5.41) is 3.00. The molecule has 1 amide bonds. The molecule has 6 nitrogen and oxygen atoms in total. The predicted octanol–water partition coefficient (Wildman–Crippen LogP) is 5.27. The minimum Gasteiger partial charge on any atom is -0.493 e. The van der Waals surface area contributed by atoms with Crippen LogP contribution in [0.25, 0.3) is 0 Å². The quantitative estimate of drug-likeness (QED) is 0.605. The molecular formula is C28H33NO5. The molecular weight excluding hydrogens is 430 g/mol. The molecule has 2 atom stereocenters. The number of rotatable bonds is 7. The van der Waals surface area contributed by atoms with Crippen LogP contribution in [0.1, 0.15) is 69.9 Å². The van der Waals surface area contributed by atoms with Crippen LogP contribution in [0.15, 0.2) is 53.7 Å².